The fourth-order valence-corrected chi connectivity index (χ4v) is 5.93. The number of piperazine rings is 1. The Morgan fingerprint density at radius 2 is 1.64 bits per heavy atom. The molecule has 2 aromatic heterocycles. The Morgan fingerprint density at radius 3 is 2.30 bits per heavy atom. The van der Waals surface area contributed by atoms with Crippen molar-refractivity contribution in [3.63, 3.8) is 0 Å². The van der Waals surface area contributed by atoms with Gasteiger partial charge in [-0.15, -0.1) is 0 Å². The topological polar surface area (TPSA) is 66.1 Å². The zero-order valence-electron chi connectivity index (χ0n) is 19.3. The van der Waals surface area contributed by atoms with Gasteiger partial charge in [0.15, 0.2) is 5.65 Å². The van der Waals surface area contributed by atoms with E-state index in [0.29, 0.717) is 30.2 Å². The van der Waals surface area contributed by atoms with E-state index < -0.39 is 10.0 Å². The third-order valence-corrected chi connectivity index (χ3v) is 8.69. The highest BCUT2D eigenvalue weighted by molar-refractivity contribution is 7.89. The van der Waals surface area contributed by atoms with Gasteiger partial charge < -0.3 is 4.90 Å². The number of sulfonamides is 1. The fourth-order valence-electron chi connectivity index (χ4n) is 4.23. The molecule has 4 rings (SSSR count). The summed E-state index contributed by atoms with van der Waals surface area (Å²) in [6, 6.07) is 13.9. The first-order valence-corrected chi connectivity index (χ1v) is 13.3. The maximum Gasteiger partial charge on any atom is 0.244 e. The minimum absolute atomic E-state index is 0.237. The van der Waals surface area contributed by atoms with Gasteiger partial charge in [0, 0.05) is 52.0 Å². The van der Waals surface area contributed by atoms with Gasteiger partial charge in [0.25, 0.3) is 0 Å². The van der Waals surface area contributed by atoms with Crippen molar-refractivity contribution in [1.82, 2.24) is 28.3 Å². The van der Waals surface area contributed by atoms with Gasteiger partial charge in [-0.2, -0.15) is 9.40 Å². The molecule has 0 spiro atoms. The van der Waals surface area contributed by atoms with Gasteiger partial charge in [-0.1, -0.05) is 44.2 Å². The van der Waals surface area contributed by atoms with Gasteiger partial charge in [0.2, 0.25) is 14.8 Å². The summed E-state index contributed by atoms with van der Waals surface area (Å²) < 4.78 is 31.2. The first kappa shape index (κ1) is 24.0. The van der Waals surface area contributed by atoms with Crippen molar-refractivity contribution in [2.45, 2.75) is 31.8 Å². The third-order valence-electron chi connectivity index (χ3n) is 6.25. The van der Waals surface area contributed by atoms with Crippen molar-refractivity contribution < 1.29 is 8.42 Å². The summed E-state index contributed by atoms with van der Waals surface area (Å²) in [4.78, 5) is 5.08. The predicted molar refractivity (Wildman–Crippen MR) is 132 cm³/mol. The molecule has 10 heteroatoms. The number of hydrogen-bond acceptors (Lipinski definition) is 6. The Kier molecular flexibility index (Phi) is 7.60. The van der Waals surface area contributed by atoms with Crippen LogP contribution in [0.5, 0.6) is 0 Å². The molecule has 0 bridgehead atoms. The van der Waals surface area contributed by atoms with E-state index in [1.165, 1.54) is 9.87 Å². The molecule has 3 heterocycles. The lowest BCUT2D eigenvalue weighted by molar-refractivity contribution is 0.103. The molecule has 1 fully saturated rings. The van der Waals surface area contributed by atoms with Crippen LogP contribution in [-0.4, -0.2) is 82.5 Å². The van der Waals surface area contributed by atoms with Crippen molar-refractivity contribution in [2.75, 3.05) is 45.8 Å². The number of pyridine rings is 1. The molecule has 0 amide bonds. The summed E-state index contributed by atoms with van der Waals surface area (Å²) in [6.45, 7) is 10.1. The lowest BCUT2D eigenvalue weighted by Gasteiger charge is -2.34. The number of aromatic nitrogens is 3. The van der Waals surface area contributed by atoms with Gasteiger partial charge >= 0.3 is 0 Å². The summed E-state index contributed by atoms with van der Waals surface area (Å²) in [6.07, 6.45) is 2.66. The smallest absolute Gasteiger partial charge is 0.244 e. The Morgan fingerprint density at radius 1 is 0.970 bits per heavy atom. The van der Waals surface area contributed by atoms with E-state index in [0.717, 1.165) is 39.1 Å². The second-order valence-electron chi connectivity index (χ2n) is 8.30. The molecule has 3 aromatic rings. The summed E-state index contributed by atoms with van der Waals surface area (Å²) in [5, 5.41) is 4.62. The number of benzene rings is 1. The minimum atomic E-state index is -3.55. The Labute approximate surface area is 201 Å². The summed E-state index contributed by atoms with van der Waals surface area (Å²) in [7, 11) is -3.55. The fraction of sp³-hybridized carbons (Fsp3) is 0.478. The van der Waals surface area contributed by atoms with Gasteiger partial charge in [-0.05, 0) is 36.3 Å². The highest BCUT2D eigenvalue weighted by Gasteiger charge is 2.23. The zero-order valence-corrected chi connectivity index (χ0v) is 20.9. The monoisotopic (exact) mass is 488 g/mol. The molecule has 0 unspecified atom stereocenters. The van der Waals surface area contributed by atoms with Crippen LogP contribution in [0.1, 0.15) is 19.4 Å². The second-order valence-corrected chi connectivity index (χ2v) is 10.6. The third kappa shape index (κ3) is 5.36. The van der Waals surface area contributed by atoms with E-state index in [4.69, 9.17) is 12.2 Å². The van der Waals surface area contributed by atoms with Crippen LogP contribution in [0.25, 0.3) is 5.65 Å². The highest BCUT2D eigenvalue weighted by atomic mass is 32.2. The van der Waals surface area contributed by atoms with Crippen molar-refractivity contribution in [1.29, 1.82) is 0 Å². The lowest BCUT2D eigenvalue weighted by atomic mass is 10.1. The predicted octanol–water partition coefficient (Wildman–Crippen LogP) is 2.71. The molecular formula is C23H32N6O2S2. The Balaban J connectivity index is 1.40. The van der Waals surface area contributed by atoms with Gasteiger partial charge in [0.1, 0.15) is 0 Å². The molecule has 1 aliphatic rings. The van der Waals surface area contributed by atoms with E-state index in [9.17, 15) is 8.42 Å². The molecule has 178 valence electrons. The van der Waals surface area contributed by atoms with Crippen LogP contribution >= 0.6 is 12.2 Å². The average molecular weight is 489 g/mol. The molecule has 33 heavy (non-hydrogen) atoms. The number of nitrogens with zero attached hydrogens (tertiary/aromatic N) is 6. The molecule has 0 radical (unpaired) electrons. The van der Waals surface area contributed by atoms with Crippen LogP contribution in [0, 0.1) is 4.77 Å². The largest absolute Gasteiger partial charge is 0.300 e. The van der Waals surface area contributed by atoms with E-state index >= 15 is 0 Å². The Hall–Kier alpha value is -2.11. The number of hydrogen-bond donors (Lipinski definition) is 0. The zero-order chi connectivity index (χ0) is 23.4. The van der Waals surface area contributed by atoms with Gasteiger partial charge in [-0.3, -0.25) is 9.30 Å². The minimum Gasteiger partial charge on any atom is -0.300 e. The molecule has 1 aliphatic heterocycles. The highest BCUT2D eigenvalue weighted by Crippen LogP contribution is 2.17. The molecular weight excluding hydrogens is 456 g/mol. The first-order valence-electron chi connectivity index (χ1n) is 11.5. The van der Waals surface area contributed by atoms with Crippen LogP contribution in [0.2, 0.25) is 0 Å². The second kappa shape index (κ2) is 10.4. The maximum atomic E-state index is 12.9. The quantitative estimate of drug-likeness (QED) is 0.432. The standard InChI is InChI=1S/C23H32N6O2S2/c1-3-27(4-2)33(30,31)21-10-11-22-24-29(23(32)28(22)18-21)19-26-16-14-25(15-17-26)13-12-20-8-6-5-7-9-20/h5-11,18H,3-4,12-17,19H2,1-2H3. The molecule has 1 aromatic carbocycles. The van der Waals surface area contributed by atoms with E-state index in [-0.39, 0.29) is 4.90 Å². The number of fused-ring (bicyclic) bond motifs is 1. The first-order chi connectivity index (χ1) is 15.9. The molecule has 0 saturated carbocycles. The summed E-state index contributed by atoms with van der Waals surface area (Å²) >= 11 is 5.64. The molecule has 1 saturated heterocycles. The van der Waals surface area contributed by atoms with E-state index in [1.54, 1.807) is 27.4 Å². The van der Waals surface area contributed by atoms with Crippen molar-refractivity contribution in [2.24, 2.45) is 0 Å². The van der Waals surface area contributed by atoms with Crippen LogP contribution in [-0.2, 0) is 23.1 Å². The van der Waals surface area contributed by atoms with Crippen LogP contribution in [0.3, 0.4) is 0 Å². The van der Waals surface area contributed by atoms with Crippen LogP contribution in [0.4, 0.5) is 0 Å². The SMILES string of the molecule is CCN(CC)S(=O)(=O)c1ccc2nn(CN3CCN(CCc4ccccc4)CC3)c(=S)n2c1. The van der Waals surface area contributed by atoms with Crippen molar-refractivity contribution in [3.8, 4) is 0 Å². The Bertz CT molecular complexity index is 1230. The molecule has 0 atom stereocenters. The molecule has 0 N–H and O–H groups in total. The van der Waals surface area contributed by atoms with Gasteiger partial charge in [0.05, 0.1) is 11.6 Å². The lowest BCUT2D eigenvalue weighted by Crippen LogP contribution is -2.47. The maximum absolute atomic E-state index is 12.9. The van der Waals surface area contributed by atoms with Crippen LogP contribution in [0.15, 0.2) is 53.6 Å². The molecule has 0 aliphatic carbocycles. The van der Waals surface area contributed by atoms with Crippen molar-refractivity contribution in [3.05, 3.63) is 59.0 Å². The molecule has 8 nitrogen and oxygen atoms in total. The van der Waals surface area contributed by atoms with Crippen LogP contribution < -0.4 is 0 Å². The average Bonchev–Trinajstić information content (AvgIpc) is 3.14. The van der Waals surface area contributed by atoms with Crippen molar-refractivity contribution >= 4 is 27.9 Å². The summed E-state index contributed by atoms with van der Waals surface area (Å²) in [5.41, 5.74) is 2.03. The number of rotatable bonds is 9. The normalized spacial score (nSPS) is 16.1. The summed E-state index contributed by atoms with van der Waals surface area (Å²) in [5.74, 6) is 0. The van der Waals surface area contributed by atoms with E-state index in [2.05, 4.69) is 45.2 Å². The van der Waals surface area contributed by atoms with E-state index in [1.807, 2.05) is 13.8 Å². The van der Waals surface area contributed by atoms with Gasteiger partial charge in [-0.25, -0.2) is 13.1 Å².